The summed E-state index contributed by atoms with van der Waals surface area (Å²) in [5.74, 6) is 0.772. The van der Waals surface area contributed by atoms with Gasteiger partial charge in [0.1, 0.15) is 23.7 Å². The minimum Gasteiger partial charge on any atom is -0.393 e. The van der Waals surface area contributed by atoms with Gasteiger partial charge in [-0.3, -0.25) is 0 Å². The highest BCUT2D eigenvalue weighted by Gasteiger charge is 2.23. The van der Waals surface area contributed by atoms with Gasteiger partial charge in [0.25, 0.3) is 0 Å². The van der Waals surface area contributed by atoms with Gasteiger partial charge in [-0.25, -0.2) is 4.98 Å². The molecule has 3 heterocycles. The second kappa shape index (κ2) is 4.50. The Labute approximate surface area is 104 Å². The summed E-state index contributed by atoms with van der Waals surface area (Å²) >= 11 is 5.84. The van der Waals surface area contributed by atoms with Crippen LogP contribution in [0.15, 0.2) is 17.3 Å². The van der Waals surface area contributed by atoms with Crippen LogP contribution in [0.5, 0.6) is 0 Å². The molecule has 1 atom stereocenters. The van der Waals surface area contributed by atoms with Gasteiger partial charge < -0.3 is 14.9 Å². The van der Waals surface area contributed by atoms with Crippen LogP contribution in [-0.2, 0) is 9.57 Å². The van der Waals surface area contributed by atoms with Gasteiger partial charge in [-0.15, -0.1) is 0 Å². The van der Waals surface area contributed by atoms with Crippen molar-refractivity contribution in [3.63, 3.8) is 0 Å². The summed E-state index contributed by atoms with van der Waals surface area (Å²) in [6.45, 7) is 2.09. The molecule has 5 nitrogen and oxygen atoms in total. The first kappa shape index (κ1) is 10.8. The molecule has 0 amide bonds. The number of aromatic nitrogens is 1. The topological polar surface area (TPSA) is 59.0 Å². The van der Waals surface area contributed by atoms with Gasteiger partial charge in [0.05, 0.1) is 12.3 Å². The number of nitrogens with zero attached hydrogens (tertiary/aromatic N) is 2. The van der Waals surface area contributed by atoms with Crippen LogP contribution in [0.3, 0.4) is 0 Å². The van der Waals surface area contributed by atoms with Crippen LogP contribution in [0.4, 0.5) is 5.82 Å². The second-order valence-corrected chi connectivity index (χ2v) is 4.38. The quantitative estimate of drug-likeness (QED) is 0.506. The van der Waals surface area contributed by atoms with Gasteiger partial charge in [-0.2, -0.15) is 0 Å². The van der Waals surface area contributed by atoms with Crippen molar-refractivity contribution in [1.82, 2.24) is 4.98 Å². The van der Waals surface area contributed by atoms with E-state index in [0.717, 1.165) is 36.7 Å². The fourth-order valence-corrected chi connectivity index (χ4v) is 1.84. The maximum absolute atomic E-state index is 5.84. The van der Waals surface area contributed by atoms with E-state index in [1.54, 1.807) is 6.07 Å². The number of epoxide rings is 1. The Morgan fingerprint density at radius 3 is 3.29 bits per heavy atom. The summed E-state index contributed by atoms with van der Waals surface area (Å²) in [4.78, 5) is 9.47. The molecule has 0 aliphatic carbocycles. The van der Waals surface area contributed by atoms with Crippen molar-refractivity contribution in [3.05, 3.63) is 22.8 Å². The Hall–Kier alpha value is -1.33. The number of ether oxygens (including phenoxy) is 1. The lowest BCUT2D eigenvalue weighted by atomic mass is 10.1. The molecule has 2 aliphatic rings. The third-order valence-electron chi connectivity index (χ3n) is 2.66. The Bertz CT molecular complexity index is 460. The van der Waals surface area contributed by atoms with Crippen LogP contribution in [0.1, 0.15) is 12.0 Å². The Morgan fingerprint density at radius 1 is 1.59 bits per heavy atom. The summed E-state index contributed by atoms with van der Waals surface area (Å²) < 4.78 is 5.05. The molecule has 1 fully saturated rings. The monoisotopic (exact) mass is 253 g/mol. The Morgan fingerprint density at radius 2 is 2.47 bits per heavy atom. The zero-order chi connectivity index (χ0) is 11.7. The van der Waals surface area contributed by atoms with Gasteiger partial charge in [-0.05, 0) is 12.1 Å². The van der Waals surface area contributed by atoms with E-state index in [4.69, 9.17) is 21.2 Å². The zero-order valence-electron chi connectivity index (χ0n) is 9.15. The minimum atomic E-state index is 0.226. The van der Waals surface area contributed by atoms with Gasteiger partial charge >= 0.3 is 0 Å². The van der Waals surface area contributed by atoms with Gasteiger partial charge in [0.15, 0.2) is 0 Å². The minimum absolute atomic E-state index is 0.226. The maximum atomic E-state index is 5.84. The van der Waals surface area contributed by atoms with Crippen LogP contribution < -0.4 is 5.32 Å². The number of oxime groups is 1. The van der Waals surface area contributed by atoms with E-state index in [-0.39, 0.29) is 6.10 Å². The molecule has 1 N–H and O–H groups in total. The molecule has 0 saturated carbocycles. The SMILES string of the molecule is Clc1ccc2c(n1)NCC/C2=N\OC[C@@H]1CO1. The van der Waals surface area contributed by atoms with Crippen LogP contribution >= 0.6 is 11.6 Å². The molecule has 90 valence electrons. The Kier molecular flexibility index (Phi) is 2.86. The summed E-state index contributed by atoms with van der Waals surface area (Å²) in [7, 11) is 0. The summed E-state index contributed by atoms with van der Waals surface area (Å²) in [6.07, 6.45) is 1.05. The lowest BCUT2D eigenvalue weighted by molar-refractivity contribution is 0.124. The van der Waals surface area contributed by atoms with Crippen LogP contribution in [0, 0.1) is 0 Å². The number of nitrogens with one attached hydrogen (secondary N) is 1. The van der Waals surface area contributed by atoms with Crippen molar-refractivity contribution in [2.45, 2.75) is 12.5 Å². The van der Waals surface area contributed by atoms with Crippen molar-refractivity contribution in [2.75, 3.05) is 25.1 Å². The van der Waals surface area contributed by atoms with Crippen LogP contribution in [0.2, 0.25) is 5.15 Å². The summed E-state index contributed by atoms with van der Waals surface area (Å²) in [6, 6.07) is 3.67. The number of hydrogen-bond acceptors (Lipinski definition) is 5. The molecule has 6 heteroatoms. The van der Waals surface area contributed by atoms with E-state index in [0.29, 0.717) is 11.8 Å². The number of anilines is 1. The molecule has 0 aromatic carbocycles. The molecule has 0 radical (unpaired) electrons. The van der Waals surface area contributed by atoms with E-state index in [1.165, 1.54) is 0 Å². The lowest BCUT2D eigenvalue weighted by Crippen LogP contribution is -2.20. The zero-order valence-corrected chi connectivity index (χ0v) is 9.91. The van der Waals surface area contributed by atoms with Gasteiger partial charge in [0, 0.05) is 18.5 Å². The Balaban J connectivity index is 1.77. The number of halogens is 1. The highest BCUT2D eigenvalue weighted by molar-refractivity contribution is 6.29. The van der Waals surface area contributed by atoms with E-state index in [9.17, 15) is 0 Å². The molecule has 1 aromatic heterocycles. The van der Waals surface area contributed by atoms with Gasteiger partial charge in [-0.1, -0.05) is 16.8 Å². The highest BCUT2D eigenvalue weighted by Crippen LogP contribution is 2.22. The predicted molar refractivity (Wildman–Crippen MR) is 64.6 cm³/mol. The normalized spacial score (nSPS) is 24.1. The third kappa shape index (κ3) is 2.50. The summed E-state index contributed by atoms with van der Waals surface area (Å²) in [5, 5.41) is 7.81. The maximum Gasteiger partial charge on any atom is 0.145 e. The van der Waals surface area contributed by atoms with Crippen molar-refractivity contribution in [3.8, 4) is 0 Å². The van der Waals surface area contributed by atoms with E-state index in [1.807, 2.05) is 6.07 Å². The smallest absolute Gasteiger partial charge is 0.145 e. The molecule has 0 unspecified atom stereocenters. The molecule has 3 rings (SSSR count). The van der Waals surface area contributed by atoms with Crippen molar-refractivity contribution in [2.24, 2.45) is 5.16 Å². The number of rotatable bonds is 3. The standard InChI is InChI=1S/C11H12ClN3O2/c12-10-2-1-8-9(3-4-13-11(8)14-10)15-17-6-7-5-16-7/h1-2,7H,3-6H2,(H,13,14)/b15-9+/t7-/m0/s1. The third-order valence-corrected chi connectivity index (χ3v) is 2.87. The first-order valence-electron chi connectivity index (χ1n) is 5.54. The molecule has 2 aliphatic heterocycles. The fraction of sp³-hybridized carbons (Fsp3) is 0.455. The van der Waals surface area contributed by atoms with E-state index < -0.39 is 0 Å². The number of fused-ring (bicyclic) bond motifs is 1. The average molecular weight is 254 g/mol. The largest absolute Gasteiger partial charge is 0.393 e. The van der Waals surface area contributed by atoms with Crippen LogP contribution in [-0.4, -0.2) is 36.6 Å². The predicted octanol–water partition coefficient (Wildman–Crippen LogP) is 1.67. The van der Waals surface area contributed by atoms with Crippen LogP contribution in [0.25, 0.3) is 0 Å². The van der Waals surface area contributed by atoms with Crippen molar-refractivity contribution >= 4 is 23.1 Å². The van der Waals surface area contributed by atoms with Crippen molar-refractivity contribution in [1.29, 1.82) is 0 Å². The van der Waals surface area contributed by atoms with E-state index in [2.05, 4.69) is 15.5 Å². The molecular formula is C11H12ClN3O2. The molecule has 0 bridgehead atoms. The first-order chi connectivity index (χ1) is 8.33. The van der Waals surface area contributed by atoms with E-state index >= 15 is 0 Å². The van der Waals surface area contributed by atoms with Crippen molar-refractivity contribution < 1.29 is 9.57 Å². The number of hydrogen-bond donors (Lipinski definition) is 1. The molecule has 0 spiro atoms. The summed E-state index contributed by atoms with van der Waals surface area (Å²) in [5.41, 5.74) is 1.86. The molecule has 17 heavy (non-hydrogen) atoms. The molecule has 1 saturated heterocycles. The lowest BCUT2D eigenvalue weighted by Gasteiger charge is -2.18. The molecule has 1 aromatic rings. The average Bonchev–Trinajstić information content (AvgIpc) is 3.13. The number of pyridine rings is 1. The first-order valence-corrected chi connectivity index (χ1v) is 5.92. The molecular weight excluding hydrogens is 242 g/mol. The second-order valence-electron chi connectivity index (χ2n) is 4.00. The highest BCUT2D eigenvalue weighted by atomic mass is 35.5. The van der Waals surface area contributed by atoms with Gasteiger partial charge in [0.2, 0.25) is 0 Å². The fourth-order valence-electron chi connectivity index (χ4n) is 1.69.